The number of benzene rings is 2. The zero-order chi connectivity index (χ0) is 17.6. The van der Waals surface area contributed by atoms with E-state index in [0.29, 0.717) is 13.2 Å². The summed E-state index contributed by atoms with van der Waals surface area (Å²) in [4.78, 5) is 0. The molecular formula is C21H26O4. The van der Waals surface area contributed by atoms with Crippen molar-refractivity contribution < 1.29 is 19.3 Å². The lowest BCUT2D eigenvalue weighted by atomic mass is 9.96. The van der Waals surface area contributed by atoms with Crippen molar-refractivity contribution >= 4 is 0 Å². The van der Waals surface area contributed by atoms with Crippen molar-refractivity contribution in [2.45, 2.75) is 57.6 Å². The molecule has 1 fully saturated rings. The van der Waals surface area contributed by atoms with Crippen LogP contribution in [0.5, 0.6) is 0 Å². The van der Waals surface area contributed by atoms with Crippen molar-refractivity contribution in [2.75, 3.05) is 0 Å². The average molecular weight is 342 g/mol. The SMILES string of the molecule is CC1O[C@@H](C)[C@@H](O)C(OCc2ccccc2)[C@H]1OCc1ccccc1. The first-order valence-corrected chi connectivity index (χ1v) is 8.79. The van der Waals surface area contributed by atoms with Gasteiger partial charge in [0.1, 0.15) is 18.3 Å². The van der Waals surface area contributed by atoms with E-state index in [0.717, 1.165) is 11.1 Å². The molecule has 0 amide bonds. The van der Waals surface area contributed by atoms with Crippen LogP contribution < -0.4 is 0 Å². The molecule has 4 nitrogen and oxygen atoms in total. The molecule has 0 radical (unpaired) electrons. The molecule has 1 saturated heterocycles. The number of ether oxygens (including phenoxy) is 3. The van der Waals surface area contributed by atoms with Gasteiger partial charge in [0.25, 0.3) is 0 Å². The number of aliphatic hydroxyl groups is 1. The van der Waals surface area contributed by atoms with E-state index >= 15 is 0 Å². The molecule has 1 aliphatic heterocycles. The Morgan fingerprint density at radius 1 is 0.760 bits per heavy atom. The van der Waals surface area contributed by atoms with Gasteiger partial charge in [0.05, 0.1) is 25.4 Å². The van der Waals surface area contributed by atoms with Gasteiger partial charge >= 0.3 is 0 Å². The Morgan fingerprint density at radius 3 is 1.76 bits per heavy atom. The number of hydrogen-bond donors (Lipinski definition) is 1. The Morgan fingerprint density at radius 2 is 1.24 bits per heavy atom. The summed E-state index contributed by atoms with van der Waals surface area (Å²) in [6.45, 7) is 4.74. The van der Waals surface area contributed by atoms with E-state index in [1.807, 2.05) is 74.5 Å². The maximum atomic E-state index is 10.6. The van der Waals surface area contributed by atoms with Gasteiger partial charge in [-0.25, -0.2) is 0 Å². The lowest BCUT2D eigenvalue weighted by molar-refractivity contribution is -0.244. The second-order valence-electron chi connectivity index (χ2n) is 6.56. The van der Waals surface area contributed by atoms with Crippen LogP contribution in [-0.2, 0) is 27.4 Å². The van der Waals surface area contributed by atoms with Crippen LogP contribution in [-0.4, -0.2) is 35.6 Å². The van der Waals surface area contributed by atoms with E-state index in [9.17, 15) is 5.11 Å². The Balaban J connectivity index is 1.67. The summed E-state index contributed by atoms with van der Waals surface area (Å²) in [5.41, 5.74) is 2.16. The summed E-state index contributed by atoms with van der Waals surface area (Å²) < 4.78 is 18.0. The third-order valence-electron chi connectivity index (χ3n) is 4.60. The fourth-order valence-electron chi connectivity index (χ4n) is 3.18. The van der Waals surface area contributed by atoms with Crippen molar-refractivity contribution in [3.8, 4) is 0 Å². The molecule has 0 aliphatic carbocycles. The summed E-state index contributed by atoms with van der Waals surface area (Å²) in [6, 6.07) is 20.0. The largest absolute Gasteiger partial charge is 0.388 e. The van der Waals surface area contributed by atoms with Crippen LogP contribution in [0.2, 0.25) is 0 Å². The van der Waals surface area contributed by atoms with Crippen LogP contribution in [0.3, 0.4) is 0 Å². The number of rotatable bonds is 6. The van der Waals surface area contributed by atoms with Crippen LogP contribution in [0, 0.1) is 0 Å². The van der Waals surface area contributed by atoms with Crippen molar-refractivity contribution in [2.24, 2.45) is 0 Å². The van der Waals surface area contributed by atoms with Gasteiger partial charge in [-0.1, -0.05) is 60.7 Å². The molecule has 25 heavy (non-hydrogen) atoms. The van der Waals surface area contributed by atoms with E-state index in [1.165, 1.54) is 0 Å². The maximum Gasteiger partial charge on any atom is 0.115 e. The van der Waals surface area contributed by atoms with Crippen molar-refractivity contribution in [3.05, 3.63) is 71.8 Å². The summed E-state index contributed by atoms with van der Waals surface area (Å²) in [5.74, 6) is 0. The van der Waals surface area contributed by atoms with E-state index < -0.39 is 12.2 Å². The minimum atomic E-state index is -0.722. The molecule has 5 atom stereocenters. The molecule has 0 bridgehead atoms. The standard InChI is InChI=1S/C21H26O4/c1-15-19(22)21(24-14-18-11-7-4-8-12-18)20(16(2)25-15)23-13-17-9-5-3-6-10-17/h3-12,15-16,19-22H,13-14H2,1-2H3/t15-,16?,19+,20-,21?/m0/s1. The summed E-state index contributed by atoms with van der Waals surface area (Å²) in [6.07, 6.45) is -1.91. The van der Waals surface area contributed by atoms with Crippen LogP contribution >= 0.6 is 0 Å². The minimum absolute atomic E-state index is 0.150. The highest BCUT2D eigenvalue weighted by Crippen LogP contribution is 2.27. The second kappa shape index (κ2) is 8.59. The van der Waals surface area contributed by atoms with Gasteiger partial charge < -0.3 is 19.3 Å². The van der Waals surface area contributed by atoms with E-state index in [1.54, 1.807) is 0 Å². The van der Waals surface area contributed by atoms with Gasteiger partial charge in [0.15, 0.2) is 0 Å². The third kappa shape index (κ3) is 4.67. The van der Waals surface area contributed by atoms with Crippen molar-refractivity contribution in [1.29, 1.82) is 0 Å². The van der Waals surface area contributed by atoms with E-state index in [2.05, 4.69) is 0 Å². The van der Waals surface area contributed by atoms with Gasteiger partial charge in [0, 0.05) is 0 Å². The molecule has 134 valence electrons. The summed E-state index contributed by atoms with van der Waals surface area (Å²) in [5, 5.41) is 10.6. The smallest absolute Gasteiger partial charge is 0.115 e. The first-order chi connectivity index (χ1) is 12.1. The Hall–Kier alpha value is -1.72. The summed E-state index contributed by atoms with van der Waals surface area (Å²) in [7, 11) is 0. The zero-order valence-corrected chi connectivity index (χ0v) is 14.7. The predicted octanol–water partition coefficient (Wildman–Crippen LogP) is 3.33. The molecule has 2 unspecified atom stereocenters. The molecule has 0 aromatic heterocycles. The molecule has 2 aromatic rings. The quantitative estimate of drug-likeness (QED) is 0.875. The van der Waals surface area contributed by atoms with Gasteiger partial charge in [-0.2, -0.15) is 0 Å². The highest BCUT2D eigenvalue weighted by molar-refractivity contribution is 5.14. The molecular weight excluding hydrogens is 316 g/mol. The molecule has 1 heterocycles. The highest BCUT2D eigenvalue weighted by Gasteiger charge is 2.43. The van der Waals surface area contributed by atoms with E-state index in [-0.39, 0.29) is 18.3 Å². The van der Waals surface area contributed by atoms with Gasteiger partial charge in [-0.05, 0) is 25.0 Å². The van der Waals surface area contributed by atoms with Gasteiger partial charge in [-0.3, -0.25) is 0 Å². The Kier molecular flexibility index (Phi) is 6.21. The van der Waals surface area contributed by atoms with Crippen LogP contribution in [0.1, 0.15) is 25.0 Å². The molecule has 1 N–H and O–H groups in total. The molecule has 2 aromatic carbocycles. The molecule has 0 spiro atoms. The van der Waals surface area contributed by atoms with E-state index in [4.69, 9.17) is 14.2 Å². The van der Waals surface area contributed by atoms with Gasteiger partial charge in [-0.15, -0.1) is 0 Å². The first kappa shape index (κ1) is 18.1. The highest BCUT2D eigenvalue weighted by atomic mass is 16.6. The zero-order valence-electron chi connectivity index (χ0n) is 14.7. The molecule has 1 aliphatic rings. The number of hydrogen-bond acceptors (Lipinski definition) is 4. The average Bonchev–Trinajstić information content (AvgIpc) is 2.64. The monoisotopic (exact) mass is 342 g/mol. The van der Waals surface area contributed by atoms with Crippen molar-refractivity contribution in [1.82, 2.24) is 0 Å². The fraction of sp³-hybridized carbons (Fsp3) is 0.429. The number of aliphatic hydroxyl groups excluding tert-OH is 1. The third-order valence-corrected chi connectivity index (χ3v) is 4.60. The fourth-order valence-corrected chi connectivity index (χ4v) is 3.18. The second-order valence-corrected chi connectivity index (χ2v) is 6.56. The van der Waals surface area contributed by atoms with Crippen LogP contribution in [0.25, 0.3) is 0 Å². The molecule has 0 saturated carbocycles. The normalized spacial score (nSPS) is 29.5. The van der Waals surface area contributed by atoms with Crippen LogP contribution in [0.4, 0.5) is 0 Å². The molecule has 3 rings (SSSR count). The van der Waals surface area contributed by atoms with Crippen LogP contribution in [0.15, 0.2) is 60.7 Å². The predicted molar refractivity (Wildman–Crippen MR) is 96.1 cm³/mol. The minimum Gasteiger partial charge on any atom is -0.388 e. The lowest BCUT2D eigenvalue weighted by Crippen LogP contribution is -2.57. The van der Waals surface area contributed by atoms with Gasteiger partial charge in [0.2, 0.25) is 0 Å². The topological polar surface area (TPSA) is 47.9 Å². The summed E-state index contributed by atoms with van der Waals surface area (Å²) >= 11 is 0. The molecule has 4 heteroatoms. The maximum absolute atomic E-state index is 10.6. The van der Waals surface area contributed by atoms with Crippen molar-refractivity contribution in [3.63, 3.8) is 0 Å². The Labute approximate surface area is 149 Å². The first-order valence-electron chi connectivity index (χ1n) is 8.79. The Bertz CT molecular complexity index is 631. The lowest BCUT2D eigenvalue weighted by Gasteiger charge is -2.42.